The number of hydrogen-bond acceptors (Lipinski definition) is 5. The van der Waals surface area contributed by atoms with E-state index in [0.717, 1.165) is 0 Å². The molecule has 1 saturated heterocycles. The van der Waals surface area contributed by atoms with Crippen LogP contribution in [0.5, 0.6) is 0 Å². The quantitative estimate of drug-likeness (QED) is 0.617. The Bertz CT molecular complexity index is 417. The van der Waals surface area contributed by atoms with Gasteiger partial charge < -0.3 is 24.6 Å². The Morgan fingerprint density at radius 3 is 2.18 bits per heavy atom. The van der Waals surface area contributed by atoms with Gasteiger partial charge in [-0.15, -0.1) is 6.42 Å². The molecule has 7 heteroatoms. The maximum Gasteiger partial charge on any atom is 0.410 e. The average molecular weight is 311 g/mol. The first-order chi connectivity index (χ1) is 10.3. The fourth-order valence-corrected chi connectivity index (χ4v) is 1.86. The largest absolute Gasteiger partial charge is 0.448 e. The predicted octanol–water partition coefficient (Wildman–Crippen LogP) is 0.898. The summed E-state index contributed by atoms with van der Waals surface area (Å²) in [6, 6.07) is 0. The molecule has 0 atom stereocenters. The number of nitrogens with zero attached hydrogens (tertiary/aromatic N) is 2. The minimum absolute atomic E-state index is 0.271. The van der Waals surface area contributed by atoms with Crippen molar-refractivity contribution in [3.05, 3.63) is 0 Å². The van der Waals surface area contributed by atoms with Crippen molar-refractivity contribution in [2.45, 2.75) is 26.4 Å². The van der Waals surface area contributed by atoms with Crippen LogP contribution >= 0.6 is 0 Å². The summed E-state index contributed by atoms with van der Waals surface area (Å²) < 4.78 is 10.4. The lowest BCUT2D eigenvalue weighted by Crippen LogP contribution is -2.51. The number of rotatable bonds is 4. The highest BCUT2D eigenvalue weighted by molar-refractivity contribution is 5.70. The van der Waals surface area contributed by atoms with Gasteiger partial charge in [0, 0.05) is 32.7 Å². The molecule has 0 unspecified atom stereocenters. The highest BCUT2D eigenvalue weighted by Crippen LogP contribution is 2.12. The molecule has 124 valence electrons. The molecule has 1 aliphatic rings. The first kappa shape index (κ1) is 18.1. The number of piperazine rings is 1. The smallest absolute Gasteiger partial charge is 0.410 e. The second kappa shape index (κ2) is 8.49. The van der Waals surface area contributed by atoms with Crippen molar-refractivity contribution in [1.82, 2.24) is 15.1 Å². The van der Waals surface area contributed by atoms with Gasteiger partial charge in [0.25, 0.3) is 0 Å². The lowest BCUT2D eigenvalue weighted by atomic mass is 10.2. The Balaban J connectivity index is 2.25. The van der Waals surface area contributed by atoms with Crippen molar-refractivity contribution in [2.24, 2.45) is 0 Å². The second-order valence-electron chi connectivity index (χ2n) is 5.95. The van der Waals surface area contributed by atoms with Crippen LogP contribution in [0.15, 0.2) is 0 Å². The molecule has 0 aromatic heterocycles. The maximum atomic E-state index is 11.9. The van der Waals surface area contributed by atoms with Gasteiger partial charge in [-0.05, 0) is 20.8 Å². The number of nitrogens with one attached hydrogen (secondary N) is 1. The first-order valence-corrected chi connectivity index (χ1v) is 7.37. The zero-order valence-corrected chi connectivity index (χ0v) is 13.6. The highest BCUT2D eigenvalue weighted by atomic mass is 16.6. The van der Waals surface area contributed by atoms with Crippen molar-refractivity contribution >= 4 is 12.2 Å². The zero-order chi connectivity index (χ0) is 16.6. The van der Waals surface area contributed by atoms with E-state index in [2.05, 4.69) is 11.2 Å². The van der Waals surface area contributed by atoms with Crippen LogP contribution in [-0.4, -0.2) is 73.5 Å². The van der Waals surface area contributed by atoms with Crippen molar-refractivity contribution in [2.75, 3.05) is 45.9 Å². The second-order valence-corrected chi connectivity index (χ2v) is 5.95. The van der Waals surface area contributed by atoms with Crippen molar-refractivity contribution in [3.63, 3.8) is 0 Å². The Morgan fingerprint density at radius 1 is 1.14 bits per heavy atom. The summed E-state index contributed by atoms with van der Waals surface area (Å²) in [5.41, 5.74) is -0.515. The number of carbonyl (C=O) groups excluding carboxylic acids is 2. The van der Waals surface area contributed by atoms with E-state index in [4.69, 9.17) is 15.9 Å². The molecule has 0 aromatic carbocycles. The minimum Gasteiger partial charge on any atom is -0.448 e. The van der Waals surface area contributed by atoms with E-state index >= 15 is 0 Å². The molecule has 7 nitrogen and oxygen atoms in total. The normalized spacial score (nSPS) is 15.2. The van der Waals surface area contributed by atoms with Crippen LogP contribution in [0.4, 0.5) is 9.59 Å². The third-order valence-electron chi connectivity index (χ3n) is 2.92. The monoisotopic (exact) mass is 311 g/mol. The summed E-state index contributed by atoms with van der Waals surface area (Å²) in [6.07, 6.45) is 4.37. The molecule has 22 heavy (non-hydrogen) atoms. The van der Waals surface area contributed by atoms with Crippen LogP contribution in [0.1, 0.15) is 20.8 Å². The van der Waals surface area contributed by atoms with E-state index in [9.17, 15) is 9.59 Å². The average Bonchev–Trinajstić information content (AvgIpc) is 2.45. The van der Waals surface area contributed by atoms with Crippen LogP contribution in [0.2, 0.25) is 0 Å². The lowest BCUT2D eigenvalue weighted by molar-refractivity contribution is 0.0130. The molecular formula is C15H25N3O4. The van der Waals surface area contributed by atoms with E-state index in [-0.39, 0.29) is 18.8 Å². The van der Waals surface area contributed by atoms with Gasteiger partial charge in [0.15, 0.2) is 0 Å². The van der Waals surface area contributed by atoms with Crippen molar-refractivity contribution in [1.29, 1.82) is 0 Å². The molecule has 0 aromatic rings. The van der Waals surface area contributed by atoms with Gasteiger partial charge in [-0.1, -0.05) is 5.92 Å². The van der Waals surface area contributed by atoms with E-state index in [1.54, 1.807) is 9.80 Å². The molecule has 0 aliphatic carbocycles. The van der Waals surface area contributed by atoms with Gasteiger partial charge in [0.05, 0.1) is 6.54 Å². The van der Waals surface area contributed by atoms with Crippen LogP contribution in [0.25, 0.3) is 0 Å². The van der Waals surface area contributed by atoms with E-state index in [0.29, 0.717) is 39.3 Å². The molecule has 1 rings (SSSR count). The fourth-order valence-electron chi connectivity index (χ4n) is 1.86. The van der Waals surface area contributed by atoms with Crippen molar-refractivity contribution < 1.29 is 19.1 Å². The number of hydrogen-bond donors (Lipinski definition) is 1. The molecule has 2 amide bonds. The topological polar surface area (TPSA) is 71.1 Å². The SMILES string of the molecule is C#CCNCCOC(=O)N1CCN(C(=O)OC(C)(C)C)CC1. The van der Waals surface area contributed by atoms with Gasteiger partial charge >= 0.3 is 12.2 Å². The van der Waals surface area contributed by atoms with E-state index < -0.39 is 5.60 Å². The van der Waals surface area contributed by atoms with Gasteiger partial charge in [-0.2, -0.15) is 0 Å². The summed E-state index contributed by atoms with van der Waals surface area (Å²) in [5, 5.41) is 2.94. The molecule has 1 heterocycles. The number of carbonyl (C=O) groups is 2. The van der Waals surface area contributed by atoms with E-state index in [1.807, 2.05) is 20.8 Å². The van der Waals surface area contributed by atoms with Crippen LogP contribution in [0, 0.1) is 12.3 Å². The molecule has 1 aliphatic heterocycles. The lowest BCUT2D eigenvalue weighted by Gasteiger charge is -2.35. The van der Waals surface area contributed by atoms with Crippen LogP contribution in [0.3, 0.4) is 0 Å². The Hall–Kier alpha value is -1.94. The summed E-state index contributed by atoms with van der Waals surface area (Å²) in [7, 11) is 0. The minimum atomic E-state index is -0.515. The number of amides is 2. The third kappa shape index (κ3) is 6.68. The third-order valence-corrected chi connectivity index (χ3v) is 2.92. The number of terminal acetylenes is 1. The molecular weight excluding hydrogens is 286 g/mol. The fraction of sp³-hybridized carbons (Fsp3) is 0.733. The molecule has 1 N–H and O–H groups in total. The maximum absolute atomic E-state index is 11.9. The summed E-state index contributed by atoms with van der Waals surface area (Å²) >= 11 is 0. The van der Waals surface area contributed by atoms with Gasteiger partial charge in [-0.3, -0.25) is 0 Å². The van der Waals surface area contributed by atoms with Crippen LogP contribution in [-0.2, 0) is 9.47 Å². The highest BCUT2D eigenvalue weighted by Gasteiger charge is 2.28. The summed E-state index contributed by atoms with van der Waals surface area (Å²) in [5.74, 6) is 2.44. The molecule has 0 radical (unpaired) electrons. The standard InChI is InChI=1S/C15H25N3O4/c1-5-6-16-7-12-21-13(19)17-8-10-18(11-9-17)14(20)22-15(2,3)4/h1,16H,6-12H2,2-4H3. The van der Waals surface area contributed by atoms with Crippen LogP contribution < -0.4 is 5.32 Å². The van der Waals surface area contributed by atoms with Crippen molar-refractivity contribution in [3.8, 4) is 12.3 Å². The van der Waals surface area contributed by atoms with Gasteiger partial charge in [-0.25, -0.2) is 9.59 Å². The molecule has 0 bridgehead atoms. The summed E-state index contributed by atoms with van der Waals surface area (Å²) in [4.78, 5) is 26.9. The zero-order valence-electron chi connectivity index (χ0n) is 13.6. The van der Waals surface area contributed by atoms with Gasteiger partial charge in [0.2, 0.25) is 0 Å². The molecule has 1 fully saturated rings. The summed E-state index contributed by atoms with van der Waals surface area (Å²) in [6.45, 7) is 8.49. The number of ether oxygens (including phenoxy) is 2. The van der Waals surface area contributed by atoms with Gasteiger partial charge in [0.1, 0.15) is 12.2 Å². The first-order valence-electron chi connectivity index (χ1n) is 7.37. The van der Waals surface area contributed by atoms with E-state index in [1.165, 1.54) is 0 Å². The molecule has 0 spiro atoms. The predicted molar refractivity (Wildman–Crippen MR) is 82.4 cm³/mol. The Labute approximate surface area is 131 Å². The molecule has 0 saturated carbocycles. The Morgan fingerprint density at radius 2 is 1.68 bits per heavy atom. The Kier molecular flexibility index (Phi) is 6.99.